The van der Waals surface area contributed by atoms with Crippen LogP contribution in [0.3, 0.4) is 0 Å². The predicted molar refractivity (Wildman–Crippen MR) is 67.7 cm³/mol. The van der Waals surface area contributed by atoms with E-state index < -0.39 is 0 Å². The van der Waals surface area contributed by atoms with Crippen molar-refractivity contribution in [3.8, 4) is 5.75 Å². The summed E-state index contributed by atoms with van der Waals surface area (Å²) >= 11 is 0. The minimum absolute atomic E-state index is 0.106. The minimum Gasteiger partial charge on any atom is -0.496 e. The van der Waals surface area contributed by atoms with Gasteiger partial charge in [0.15, 0.2) is 0 Å². The molecule has 0 aliphatic carbocycles. The van der Waals surface area contributed by atoms with E-state index in [4.69, 9.17) is 16.2 Å². The Labute approximate surface area is 97.8 Å². The van der Waals surface area contributed by atoms with Crippen LogP contribution in [0.4, 0.5) is 0 Å². The molecule has 0 radical (unpaired) electrons. The second kappa shape index (κ2) is 4.85. The van der Waals surface area contributed by atoms with Gasteiger partial charge in [-0.15, -0.1) is 0 Å². The topological polar surface area (TPSA) is 61.3 Å². The first kappa shape index (κ1) is 13.0. The first-order chi connectivity index (χ1) is 7.40. The van der Waals surface area contributed by atoms with Crippen molar-refractivity contribution in [1.82, 2.24) is 0 Å². The van der Waals surface area contributed by atoms with E-state index in [-0.39, 0.29) is 11.5 Å². The summed E-state index contributed by atoms with van der Waals surface area (Å²) in [5.41, 5.74) is 13.9. The Hall–Kier alpha value is -1.06. The first-order valence-electron chi connectivity index (χ1n) is 5.54. The molecule has 0 spiro atoms. The van der Waals surface area contributed by atoms with E-state index in [1.165, 1.54) is 5.56 Å². The minimum atomic E-state index is -0.169. The number of hydrogen-bond donors (Lipinski definition) is 2. The highest BCUT2D eigenvalue weighted by Gasteiger charge is 2.18. The standard InChI is InChI=1S/C13H22N2O/c1-13(2,3)9-5-6-12(16-4)10(7-9)11(15)8-14/h5-7,11H,8,14-15H2,1-4H3/t11-/m0/s1. The second-order valence-electron chi connectivity index (χ2n) is 5.05. The predicted octanol–water partition coefficient (Wildman–Crippen LogP) is 1.95. The lowest BCUT2D eigenvalue weighted by Gasteiger charge is -2.22. The summed E-state index contributed by atoms with van der Waals surface area (Å²) in [7, 11) is 1.65. The summed E-state index contributed by atoms with van der Waals surface area (Å²) in [6, 6.07) is 5.96. The zero-order chi connectivity index (χ0) is 12.3. The lowest BCUT2D eigenvalue weighted by molar-refractivity contribution is 0.405. The fraction of sp³-hybridized carbons (Fsp3) is 0.538. The monoisotopic (exact) mass is 222 g/mol. The van der Waals surface area contributed by atoms with Gasteiger partial charge in [0.2, 0.25) is 0 Å². The van der Waals surface area contributed by atoms with Crippen LogP contribution in [-0.4, -0.2) is 13.7 Å². The Kier molecular flexibility index (Phi) is 3.94. The highest BCUT2D eigenvalue weighted by atomic mass is 16.5. The molecule has 3 heteroatoms. The van der Waals surface area contributed by atoms with Gasteiger partial charge in [0.25, 0.3) is 0 Å². The number of methoxy groups -OCH3 is 1. The average molecular weight is 222 g/mol. The molecule has 1 atom stereocenters. The van der Waals surface area contributed by atoms with Crippen LogP contribution in [0.2, 0.25) is 0 Å². The van der Waals surface area contributed by atoms with Crippen molar-refractivity contribution >= 4 is 0 Å². The third-order valence-electron chi connectivity index (χ3n) is 2.75. The summed E-state index contributed by atoms with van der Waals surface area (Å²) in [6.07, 6.45) is 0. The molecule has 0 saturated carbocycles. The van der Waals surface area contributed by atoms with Gasteiger partial charge in [-0.25, -0.2) is 0 Å². The zero-order valence-corrected chi connectivity index (χ0v) is 10.6. The summed E-state index contributed by atoms with van der Waals surface area (Å²) in [4.78, 5) is 0. The van der Waals surface area contributed by atoms with Crippen LogP contribution in [0.1, 0.15) is 37.9 Å². The van der Waals surface area contributed by atoms with Crippen LogP contribution in [-0.2, 0) is 5.41 Å². The number of hydrogen-bond acceptors (Lipinski definition) is 3. The number of rotatable bonds is 3. The van der Waals surface area contributed by atoms with Gasteiger partial charge < -0.3 is 16.2 Å². The van der Waals surface area contributed by atoms with Crippen LogP contribution in [0.25, 0.3) is 0 Å². The van der Waals surface area contributed by atoms with Gasteiger partial charge in [0.1, 0.15) is 5.75 Å². The number of benzene rings is 1. The highest BCUT2D eigenvalue weighted by Crippen LogP contribution is 2.30. The van der Waals surface area contributed by atoms with Crippen LogP contribution >= 0.6 is 0 Å². The Balaban J connectivity index is 3.21. The molecule has 3 nitrogen and oxygen atoms in total. The van der Waals surface area contributed by atoms with E-state index in [1.54, 1.807) is 7.11 Å². The Morgan fingerprint density at radius 3 is 2.38 bits per heavy atom. The summed E-state index contributed by atoms with van der Waals surface area (Å²) < 4.78 is 5.30. The summed E-state index contributed by atoms with van der Waals surface area (Å²) in [5.74, 6) is 0.811. The molecule has 0 aromatic heterocycles. The van der Waals surface area contributed by atoms with Gasteiger partial charge in [-0.3, -0.25) is 0 Å². The van der Waals surface area contributed by atoms with Crippen molar-refractivity contribution in [3.63, 3.8) is 0 Å². The van der Waals surface area contributed by atoms with Crippen LogP contribution in [0.5, 0.6) is 5.75 Å². The molecule has 1 aromatic carbocycles. The molecule has 0 saturated heterocycles. The average Bonchev–Trinajstić information content (AvgIpc) is 2.25. The van der Waals surface area contributed by atoms with Gasteiger partial charge in [-0.05, 0) is 23.1 Å². The maximum Gasteiger partial charge on any atom is 0.123 e. The number of nitrogens with two attached hydrogens (primary N) is 2. The van der Waals surface area contributed by atoms with E-state index in [1.807, 2.05) is 6.07 Å². The van der Waals surface area contributed by atoms with Crippen molar-refractivity contribution < 1.29 is 4.74 Å². The molecule has 0 heterocycles. The fourth-order valence-corrected chi connectivity index (χ4v) is 1.62. The zero-order valence-electron chi connectivity index (χ0n) is 10.6. The number of ether oxygens (including phenoxy) is 1. The quantitative estimate of drug-likeness (QED) is 0.821. The summed E-state index contributed by atoms with van der Waals surface area (Å²) in [6.45, 7) is 6.94. The molecule has 90 valence electrons. The van der Waals surface area contributed by atoms with Crippen molar-refractivity contribution in [2.45, 2.75) is 32.2 Å². The third kappa shape index (κ3) is 2.74. The lowest BCUT2D eigenvalue weighted by atomic mass is 9.85. The van der Waals surface area contributed by atoms with Crippen LogP contribution in [0, 0.1) is 0 Å². The van der Waals surface area contributed by atoms with Crippen molar-refractivity contribution in [2.75, 3.05) is 13.7 Å². The van der Waals surface area contributed by atoms with E-state index >= 15 is 0 Å². The van der Waals surface area contributed by atoms with E-state index in [2.05, 4.69) is 32.9 Å². The molecule has 0 bridgehead atoms. The van der Waals surface area contributed by atoms with Gasteiger partial charge >= 0.3 is 0 Å². The molecule has 1 aromatic rings. The van der Waals surface area contributed by atoms with E-state index in [0.29, 0.717) is 6.54 Å². The molecular formula is C13H22N2O. The molecule has 0 fully saturated rings. The molecule has 4 N–H and O–H groups in total. The second-order valence-corrected chi connectivity index (χ2v) is 5.05. The van der Waals surface area contributed by atoms with Gasteiger partial charge in [-0.2, -0.15) is 0 Å². The molecule has 0 amide bonds. The first-order valence-corrected chi connectivity index (χ1v) is 5.54. The lowest BCUT2D eigenvalue weighted by Crippen LogP contribution is -2.22. The Bertz CT molecular complexity index is 355. The van der Waals surface area contributed by atoms with Crippen molar-refractivity contribution in [1.29, 1.82) is 0 Å². The molecule has 1 rings (SSSR count). The van der Waals surface area contributed by atoms with E-state index in [9.17, 15) is 0 Å². The highest BCUT2D eigenvalue weighted by molar-refractivity contribution is 5.41. The Morgan fingerprint density at radius 1 is 1.31 bits per heavy atom. The maximum absolute atomic E-state index is 5.98. The molecular weight excluding hydrogens is 200 g/mol. The Morgan fingerprint density at radius 2 is 1.94 bits per heavy atom. The molecule has 0 aliphatic heterocycles. The van der Waals surface area contributed by atoms with Gasteiger partial charge in [0.05, 0.1) is 7.11 Å². The van der Waals surface area contributed by atoms with Crippen molar-refractivity contribution in [2.24, 2.45) is 11.5 Å². The van der Waals surface area contributed by atoms with Crippen LogP contribution in [0.15, 0.2) is 18.2 Å². The molecule has 0 aliphatic rings. The normalized spacial score (nSPS) is 13.6. The fourth-order valence-electron chi connectivity index (χ4n) is 1.62. The molecule has 16 heavy (non-hydrogen) atoms. The van der Waals surface area contributed by atoms with Crippen molar-refractivity contribution in [3.05, 3.63) is 29.3 Å². The molecule has 0 unspecified atom stereocenters. The SMILES string of the molecule is COc1ccc(C(C)(C)C)cc1[C@@H](N)CN. The largest absolute Gasteiger partial charge is 0.496 e. The van der Waals surface area contributed by atoms with Crippen LogP contribution < -0.4 is 16.2 Å². The smallest absolute Gasteiger partial charge is 0.123 e. The third-order valence-corrected chi connectivity index (χ3v) is 2.75. The maximum atomic E-state index is 5.98. The van der Waals surface area contributed by atoms with Gasteiger partial charge in [0, 0.05) is 18.2 Å². The van der Waals surface area contributed by atoms with E-state index in [0.717, 1.165) is 11.3 Å². The summed E-state index contributed by atoms with van der Waals surface area (Å²) in [5, 5.41) is 0. The van der Waals surface area contributed by atoms with Gasteiger partial charge in [-0.1, -0.05) is 26.8 Å².